The molecule has 0 saturated heterocycles. The first kappa shape index (κ1) is 65.4. The van der Waals surface area contributed by atoms with Crippen LogP contribution in [0.25, 0.3) is 0 Å². The maximum atomic E-state index is 12.8. The molecule has 0 saturated carbocycles. The summed E-state index contributed by atoms with van der Waals surface area (Å²) < 4.78 is 16.8. The second-order valence-electron chi connectivity index (χ2n) is 19.9. The fourth-order valence-electron chi connectivity index (χ4n) is 8.67. The molecule has 0 spiro atoms. The summed E-state index contributed by atoms with van der Waals surface area (Å²) in [5.74, 6) is -0.909. The highest BCUT2D eigenvalue weighted by Gasteiger charge is 2.19. The zero-order valence-electron chi connectivity index (χ0n) is 45.4. The van der Waals surface area contributed by atoms with E-state index in [1.54, 1.807) is 0 Å². The van der Waals surface area contributed by atoms with Crippen molar-refractivity contribution >= 4 is 17.9 Å². The number of carbonyl (C=O) groups excluding carboxylic acids is 3. The molecule has 0 aromatic rings. The van der Waals surface area contributed by atoms with E-state index in [0.29, 0.717) is 19.3 Å². The molecule has 68 heavy (non-hydrogen) atoms. The van der Waals surface area contributed by atoms with Crippen LogP contribution < -0.4 is 0 Å². The zero-order chi connectivity index (χ0) is 49.3. The van der Waals surface area contributed by atoms with Gasteiger partial charge in [0.15, 0.2) is 6.10 Å². The summed E-state index contributed by atoms with van der Waals surface area (Å²) in [5, 5.41) is 0. The van der Waals surface area contributed by atoms with Gasteiger partial charge in [0.25, 0.3) is 0 Å². The van der Waals surface area contributed by atoms with Crippen molar-refractivity contribution < 1.29 is 28.6 Å². The molecule has 0 N–H and O–H groups in total. The van der Waals surface area contributed by atoms with Gasteiger partial charge in [-0.05, 0) is 57.8 Å². The van der Waals surface area contributed by atoms with Gasteiger partial charge in [0.1, 0.15) is 13.2 Å². The van der Waals surface area contributed by atoms with Gasteiger partial charge in [-0.3, -0.25) is 14.4 Å². The standard InChI is InChI=1S/C62H112O6/c1-4-7-10-13-16-19-22-25-28-29-30-31-32-33-35-37-40-43-46-49-52-55-61(64)67-58-59(57-66-60(63)54-51-48-45-42-39-36-27-24-21-18-15-12-9-6-3)68-62(65)56-53-50-47-44-41-38-34-26-23-20-17-14-11-8-5-2/h8,11,17,20,26,34,41,44,59H,4-7,9-10,12-16,18-19,21-25,27-33,35-40,42-43,45-58H2,1-3H3/b11-8-,20-17-,34-26-,44-41-. The van der Waals surface area contributed by atoms with Gasteiger partial charge in [0, 0.05) is 19.3 Å². The number of unbranched alkanes of at least 4 members (excludes halogenated alkanes) is 35. The molecular formula is C62H112O6. The quantitative estimate of drug-likeness (QED) is 0.0262. The molecule has 0 aromatic carbocycles. The number of ether oxygens (including phenoxy) is 3. The number of esters is 3. The van der Waals surface area contributed by atoms with Crippen LogP contribution in [-0.4, -0.2) is 37.2 Å². The Morgan fingerprint density at radius 3 is 0.897 bits per heavy atom. The Morgan fingerprint density at radius 1 is 0.309 bits per heavy atom. The fraction of sp³-hybridized carbons (Fsp3) is 0.823. The second kappa shape index (κ2) is 57.0. The topological polar surface area (TPSA) is 78.9 Å². The van der Waals surface area contributed by atoms with Crippen LogP contribution in [0.5, 0.6) is 0 Å². The lowest BCUT2D eigenvalue weighted by atomic mass is 10.0. The molecule has 0 aliphatic rings. The molecule has 0 fully saturated rings. The third kappa shape index (κ3) is 54.3. The third-order valence-electron chi connectivity index (χ3n) is 13.1. The van der Waals surface area contributed by atoms with Crippen LogP contribution in [0.2, 0.25) is 0 Å². The molecule has 6 nitrogen and oxygen atoms in total. The van der Waals surface area contributed by atoms with Gasteiger partial charge >= 0.3 is 17.9 Å². The van der Waals surface area contributed by atoms with Crippen LogP contribution in [0.4, 0.5) is 0 Å². The molecule has 1 atom stereocenters. The summed E-state index contributed by atoms with van der Waals surface area (Å²) in [7, 11) is 0. The Bertz CT molecular complexity index is 1190. The van der Waals surface area contributed by atoms with Crippen LogP contribution in [0, 0.1) is 0 Å². The molecule has 6 heteroatoms. The summed E-state index contributed by atoms with van der Waals surface area (Å²) in [4.78, 5) is 38.1. The number of rotatable bonds is 54. The van der Waals surface area contributed by atoms with E-state index >= 15 is 0 Å². The summed E-state index contributed by atoms with van der Waals surface area (Å²) >= 11 is 0. The highest BCUT2D eigenvalue weighted by atomic mass is 16.6. The summed E-state index contributed by atoms with van der Waals surface area (Å²) in [6, 6.07) is 0. The molecule has 0 amide bonds. The van der Waals surface area contributed by atoms with Crippen molar-refractivity contribution in [2.75, 3.05) is 13.2 Å². The highest BCUT2D eigenvalue weighted by molar-refractivity contribution is 5.71. The van der Waals surface area contributed by atoms with Gasteiger partial charge in [0.2, 0.25) is 0 Å². The van der Waals surface area contributed by atoms with Gasteiger partial charge in [-0.15, -0.1) is 0 Å². The van der Waals surface area contributed by atoms with Crippen LogP contribution in [0.1, 0.15) is 310 Å². The zero-order valence-corrected chi connectivity index (χ0v) is 45.4. The van der Waals surface area contributed by atoms with Gasteiger partial charge in [0.05, 0.1) is 0 Å². The van der Waals surface area contributed by atoms with Gasteiger partial charge in [-0.1, -0.05) is 281 Å². The molecule has 0 heterocycles. The molecule has 0 aromatic heterocycles. The van der Waals surface area contributed by atoms with Crippen molar-refractivity contribution in [3.05, 3.63) is 48.6 Å². The van der Waals surface area contributed by atoms with Crippen molar-refractivity contribution in [3.8, 4) is 0 Å². The van der Waals surface area contributed by atoms with Gasteiger partial charge < -0.3 is 14.2 Å². The lowest BCUT2D eigenvalue weighted by Crippen LogP contribution is -2.30. The van der Waals surface area contributed by atoms with E-state index < -0.39 is 6.10 Å². The van der Waals surface area contributed by atoms with E-state index in [2.05, 4.69) is 69.4 Å². The SMILES string of the molecule is CC/C=C\C/C=C\C/C=C\C/C=C\CCCCC(=O)OC(COC(=O)CCCCCCCCCCCCCCCC)COC(=O)CCCCCCCCCCCCCCCCCCCCCCC. The largest absolute Gasteiger partial charge is 0.462 e. The average molecular weight is 954 g/mol. The Hall–Kier alpha value is -2.63. The average Bonchev–Trinajstić information content (AvgIpc) is 3.34. The molecule has 0 aliphatic carbocycles. The molecule has 0 rings (SSSR count). The normalized spacial score (nSPS) is 12.3. The van der Waals surface area contributed by atoms with Crippen molar-refractivity contribution in [1.29, 1.82) is 0 Å². The van der Waals surface area contributed by atoms with E-state index in [1.807, 2.05) is 0 Å². The Labute approximate surface area is 422 Å². The van der Waals surface area contributed by atoms with E-state index in [0.717, 1.165) is 77.0 Å². The van der Waals surface area contributed by atoms with Crippen LogP contribution in [-0.2, 0) is 28.6 Å². The summed E-state index contributed by atoms with van der Waals surface area (Å²) in [6.45, 7) is 6.54. The van der Waals surface area contributed by atoms with Gasteiger partial charge in [-0.2, -0.15) is 0 Å². The van der Waals surface area contributed by atoms with Crippen LogP contribution in [0.3, 0.4) is 0 Å². The first-order chi connectivity index (χ1) is 33.5. The number of hydrogen-bond acceptors (Lipinski definition) is 6. The van der Waals surface area contributed by atoms with Crippen molar-refractivity contribution in [2.24, 2.45) is 0 Å². The molecule has 0 radical (unpaired) electrons. The second-order valence-corrected chi connectivity index (χ2v) is 19.9. The molecular weight excluding hydrogens is 841 g/mol. The monoisotopic (exact) mass is 953 g/mol. The van der Waals surface area contributed by atoms with Gasteiger partial charge in [-0.25, -0.2) is 0 Å². The number of hydrogen-bond donors (Lipinski definition) is 0. The lowest BCUT2D eigenvalue weighted by molar-refractivity contribution is -0.167. The summed E-state index contributed by atoms with van der Waals surface area (Å²) in [6.07, 6.45) is 69.7. The smallest absolute Gasteiger partial charge is 0.306 e. The van der Waals surface area contributed by atoms with Crippen LogP contribution in [0.15, 0.2) is 48.6 Å². The van der Waals surface area contributed by atoms with E-state index in [1.165, 1.54) is 186 Å². The molecule has 1 unspecified atom stereocenters. The predicted molar refractivity (Wildman–Crippen MR) is 293 cm³/mol. The molecule has 0 aliphatic heterocycles. The maximum Gasteiger partial charge on any atom is 0.306 e. The minimum absolute atomic E-state index is 0.0854. The summed E-state index contributed by atoms with van der Waals surface area (Å²) in [5.41, 5.74) is 0. The van der Waals surface area contributed by atoms with Crippen molar-refractivity contribution in [2.45, 2.75) is 316 Å². The van der Waals surface area contributed by atoms with E-state index in [9.17, 15) is 14.4 Å². The van der Waals surface area contributed by atoms with Crippen molar-refractivity contribution in [1.82, 2.24) is 0 Å². The van der Waals surface area contributed by atoms with Crippen LogP contribution >= 0.6 is 0 Å². The fourth-order valence-corrected chi connectivity index (χ4v) is 8.67. The molecule has 396 valence electrons. The minimum Gasteiger partial charge on any atom is -0.462 e. The van der Waals surface area contributed by atoms with Crippen molar-refractivity contribution in [3.63, 3.8) is 0 Å². The number of carbonyl (C=O) groups is 3. The Kier molecular flexibility index (Phi) is 54.8. The maximum absolute atomic E-state index is 12.8. The number of allylic oxidation sites excluding steroid dienone is 8. The first-order valence-corrected chi connectivity index (χ1v) is 29.6. The minimum atomic E-state index is -0.791. The first-order valence-electron chi connectivity index (χ1n) is 29.6. The highest BCUT2D eigenvalue weighted by Crippen LogP contribution is 2.17. The predicted octanol–water partition coefficient (Wildman–Crippen LogP) is 19.8. The molecule has 0 bridgehead atoms. The third-order valence-corrected chi connectivity index (χ3v) is 13.1. The Balaban J connectivity index is 4.33. The Morgan fingerprint density at radius 2 is 0.574 bits per heavy atom. The lowest BCUT2D eigenvalue weighted by Gasteiger charge is -2.18. The van der Waals surface area contributed by atoms with E-state index in [-0.39, 0.29) is 37.5 Å². The van der Waals surface area contributed by atoms with E-state index in [4.69, 9.17) is 14.2 Å².